The van der Waals surface area contributed by atoms with E-state index in [-0.39, 0.29) is 24.0 Å². The fraction of sp³-hybridized carbons (Fsp3) is 0.650. The topological polar surface area (TPSA) is 62.7 Å². The molecule has 28 heavy (non-hydrogen) atoms. The number of benzene rings is 1. The van der Waals surface area contributed by atoms with Crippen LogP contribution in [-0.2, 0) is 17.2 Å². The molecule has 1 aliphatic carbocycles. The predicted octanol–water partition coefficient (Wildman–Crippen LogP) is 4.14. The van der Waals surface area contributed by atoms with Gasteiger partial charge in [0.2, 0.25) is 0 Å². The van der Waals surface area contributed by atoms with Gasteiger partial charge in [0.1, 0.15) is 5.75 Å². The Balaban J connectivity index is 0.00000392. The van der Waals surface area contributed by atoms with E-state index in [0.717, 1.165) is 61.7 Å². The fourth-order valence-electron chi connectivity index (χ4n) is 3.41. The Hall–Kier alpha value is -0.540. The van der Waals surface area contributed by atoms with Crippen LogP contribution in [0, 0.1) is 0 Å². The van der Waals surface area contributed by atoms with E-state index in [1.165, 1.54) is 0 Å². The second-order valence-electron chi connectivity index (χ2n) is 6.77. The minimum Gasteiger partial charge on any atom is -0.497 e. The van der Waals surface area contributed by atoms with Crippen molar-refractivity contribution in [3.05, 3.63) is 28.8 Å². The van der Waals surface area contributed by atoms with E-state index < -0.39 is 10.8 Å². The monoisotopic (exact) mass is 541 g/mol. The molecule has 0 spiro atoms. The summed E-state index contributed by atoms with van der Waals surface area (Å²) < 4.78 is 17.3. The van der Waals surface area contributed by atoms with Gasteiger partial charge in [0, 0.05) is 46.0 Å². The van der Waals surface area contributed by atoms with Crippen molar-refractivity contribution in [2.45, 2.75) is 57.2 Å². The number of halogens is 2. The molecule has 8 heteroatoms. The summed E-state index contributed by atoms with van der Waals surface area (Å²) in [5, 5.41) is 7.87. The van der Waals surface area contributed by atoms with Crippen LogP contribution in [0.3, 0.4) is 0 Å². The fourth-order valence-corrected chi connectivity index (χ4v) is 5.02. The van der Waals surface area contributed by atoms with E-state index in [4.69, 9.17) is 21.3 Å². The number of rotatable bonds is 8. The summed E-state index contributed by atoms with van der Waals surface area (Å²) in [5.74, 6) is 2.34. The Morgan fingerprint density at radius 1 is 1.36 bits per heavy atom. The van der Waals surface area contributed by atoms with Gasteiger partial charge in [-0.3, -0.25) is 9.20 Å². The molecule has 1 aromatic rings. The third-order valence-electron chi connectivity index (χ3n) is 4.88. The third kappa shape index (κ3) is 8.06. The van der Waals surface area contributed by atoms with Crippen molar-refractivity contribution in [1.82, 2.24) is 10.6 Å². The van der Waals surface area contributed by atoms with Crippen molar-refractivity contribution < 1.29 is 8.95 Å². The molecule has 0 radical (unpaired) electrons. The lowest BCUT2D eigenvalue weighted by Crippen LogP contribution is -2.46. The predicted molar refractivity (Wildman–Crippen MR) is 131 cm³/mol. The maximum Gasteiger partial charge on any atom is 0.191 e. The first-order valence-corrected chi connectivity index (χ1v) is 11.6. The SMILES string of the molecule is CCNC(=NCCc1ccc(OC)cc1Cl)NC1CCCC(S(=O)CC)C1.I. The summed E-state index contributed by atoms with van der Waals surface area (Å²) in [6.07, 6.45) is 5.02. The molecule has 3 unspecified atom stereocenters. The molecule has 0 bridgehead atoms. The maximum absolute atomic E-state index is 12.1. The summed E-state index contributed by atoms with van der Waals surface area (Å²) in [5.41, 5.74) is 1.06. The Morgan fingerprint density at radius 3 is 2.79 bits per heavy atom. The van der Waals surface area contributed by atoms with Crippen LogP contribution in [0.2, 0.25) is 5.02 Å². The van der Waals surface area contributed by atoms with Crippen molar-refractivity contribution in [2.75, 3.05) is 26.0 Å². The Bertz CT molecular complexity index is 660. The molecule has 160 valence electrons. The first kappa shape index (κ1) is 25.5. The van der Waals surface area contributed by atoms with Gasteiger partial charge in [0.05, 0.1) is 7.11 Å². The van der Waals surface area contributed by atoms with Crippen LogP contribution in [-0.4, -0.2) is 47.4 Å². The number of methoxy groups -OCH3 is 1. The highest BCUT2D eigenvalue weighted by Gasteiger charge is 2.26. The van der Waals surface area contributed by atoms with E-state index in [1.54, 1.807) is 7.11 Å². The number of nitrogens with zero attached hydrogens (tertiary/aromatic N) is 1. The number of nitrogens with one attached hydrogen (secondary N) is 2. The van der Waals surface area contributed by atoms with Gasteiger partial charge in [0.15, 0.2) is 5.96 Å². The number of guanidine groups is 1. The molecule has 1 fully saturated rings. The standard InChI is InChI=1S/C20H32ClN3O2S.HI/c1-4-22-20(24-16-7-6-8-18(13-16)27(25)5-2)23-12-11-15-9-10-17(26-3)14-19(15)21;/h9-10,14,16,18H,4-8,11-13H2,1-3H3,(H2,22,23,24);1H. The summed E-state index contributed by atoms with van der Waals surface area (Å²) in [7, 11) is 0.921. The van der Waals surface area contributed by atoms with Gasteiger partial charge in [0.25, 0.3) is 0 Å². The largest absolute Gasteiger partial charge is 0.497 e. The zero-order chi connectivity index (χ0) is 19.6. The lowest BCUT2D eigenvalue weighted by Gasteiger charge is -2.30. The van der Waals surface area contributed by atoms with Crippen molar-refractivity contribution in [3.63, 3.8) is 0 Å². The maximum atomic E-state index is 12.1. The van der Waals surface area contributed by atoms with Gasteiger partial charge in [-0.1, -0.05) is 31.0 Å². The molecule has 0 aliphatic heterocycles. The molecule has 1 aromatic carbocycles. The lowest BCUT2D eigenvalue weighted by atomic mass is 9.95. The van der Waals surface area contributed by atoms with Gasteiger partial charge in [-0.2, -0.15) is 0 Å². The van der Waals surface area contributed by atoms with Crippen LogP contribution < -0.4 is 15.4 Å². The summed E-state index contributed by atoms with van der Waals surface area (Å²) in [6, 6.07) is 6.08. The van der Waals surface area contributed by atoms with Gasteiger partial charge >= 0.3 is 0 Å². The Kier molecular flexibility index (Phi) is 12.4. The first-order valence-electron chi connectivity index (χ1n) is 9.81. The van der Waals surface area contributed by atoms with Crippen LogP contribution >= 0.6 is 35.6 Å². The molecule has 2 rings (SSSR count). The van der Waals surface area contributed by atoms with Gasteiger partial charge in [-0.25, -0.2) is 0 Å². The van der Waals surface area contributed by atoms with E-state index in [0.29, 0.717) is 22.9 Å². The molecule has 0 aromatic heterocycles. The van der Waals surface area contributed by atoms with Crippen LogP contribution in [0.4, 0.5) is 0 Å². The minimum atomic E-state index is -0.714. The highest BCUT2D eigenvalue weighted by atomic mass is 127. The smallest absolute Gasteiger partial charge is 0.191 e. The molecular weight excluding hydrogens is 509 g/mol. The molecular formula is C20H33ClIN3O2S. The van der Waals surface area contributed by atoms with Crippen molar-refractivity contribution in [3.8, 4) is 5.75 Å². The van der Waals surface area contributed by atoms with Gasteiger partial charge in [-0.05, 0) is 50.3 Å². The normalized spacial score (nSPS) is 20.8. The second kappa shape index (κ2) is 13.6. The highest BCUT2D eigenvalue weighted by Crippen LogP contribution is 2.24. The molecule has 0 saturated heterocycles. The molecule has 0 heterocycles. The van der Waals surface area contributed by atoms with Crippen LogP contribution in [0.15, 0.2) is 23.2 Å². The molecule has 1 saturated carbocycles. The number of aliphatic imine (C=N–C) groups is 1. The Labute approximate surface area is 193 Å². The van der Waals surface area contributed by atoms with E-state index in [1.807, 2.05) is 25.1 Å². The average Bonchev–Trinajstić information content (AvgIpc) is 2.68. The average molecular weight is 542 g/mol. The highest BCUT2D eigenvalue weighted by molar-refractivity contribution is 14.0. The number of hydrogen-bond donors (Lipinski definition) is 2. The van der Waals surface area contributed by atoms with Gasteiger partial charge < -0.3 is 15.4 Å². The van der Waals surface area contributed by atoms with Crippen molar-refractivity contribution in [2.24, 2.45) is 4.99 Å². The summed E-state index contributed by atoms with van der Waals surface area (Å²) >= 11 is 6.31. The molecule has 3 atom stereocenters. The van der Waals surface area contributed by atoms with Crippen LogP contribution in [0.5, 0.6) is 5.75 Å². The van der Waals surface area contributed by atoms with E-state index >= 15 is 0 Å². The van der Waals surface area contributed by atoms with Crippen LogP contribution in [0.25, 0.3) is 0 Å². The number of hydrogen-bond acceptors (Lipinski definition) is 3. The van der Waals surface area contributed by atoms with Crippen LogP contribution in [0.1, 0.15) is 45.1 Å². The quantitative estimate of drug-likeness (QED) is 0.295. The molecule has 5 nitrogen and oxygen atoms in total. The zero-order valence-electron chi connectivity index (χ0n) is 17.0. The molecule has 1 aliphatic rings. The summed E-state index contributed by atoms with van der Waals surface area (Å²) in [4.78, 5) is 4.71. The first-order chi connectivity index (χ1) is 13.1. The van der Waals surface area contributed by atoms with Crippen molar-refractivity contribution >= 4 is 52.3 Å². The van der Waals surface area contributed by atoms with E-state index in [9.17, 15) is 4.21 Å². The van der Waals surface area contributed by atoms with E-state index in [2.05, 4.69) is 17.6 Å². The second-order valence-corrected chi connectivity index (χ2v) is 9.18. The third-order valence-corrected chi connectivity index (χ3v) is 6.97. The lowest BCUT2D eigenvalue weighted by molar-refractivity contribution is 0.413. The van der Waals surface area contributed by atoms with Crippen molar-refractivity contribution in [1.29, 1.82) is 0 Å². The minimum absolute atomic E-state index is 0. The molecule has 2 N–H and O–H groups in total. The molecule has 0 amide bonds. The summed E-state index contributed by atoms with van der Waals surface area (Å²) in [6.45, 7) is 5.53. The van der Waals surface area contributed by atoms with Gasteiger partial charge in [-0.15, -0.1) is 24.0 Å². The number of ether oxygens (including phenoxy) is 1. The zero-order valence-corrected chi connectivity index (χ0v) is 20.9. The Morgan fingerprint density at radius 2 is 2.14 bits per heavy atom.